The highest BCUT2D eigenvalue weighted by Gasteiger charge is 2.58. The third-order valence-corrected chi connectivity index (χ3v) is 15.8. The fourth-order valence-corrected chi connectivity index (χ4v) is 10.9. The summed E-state index contributed by atoms with van der Waals surface area (Å²) >= 11 is 0. The monoisotopic (exact) mass is 1170 g/mol. The van der Waals surface area contributed by atoms with Gasteiger partial charge in [0.25, 0.3) is 5.79 Å². The van der Waals surface area contributed by atoms with E-state index in [-0.39, 0.29) is 12.8 Å². The molecule has 23 nitrogen and oxygen atoms in total. The number of nitrogens with one attached hydrogen (secondary N) is 2. The summed E-state index contributed by atoms with van der Waals surface area (Å²) in [7, 11) is -5.44. The van der Waals surface area contributed by atoms with E-state index >= 15 is 0 Å². The van der Waals surface area contributed by atoms with Gasteiger partial charge in [0.05, 0.1) is 38.0 Å². The molecule has 2 aliphatic rings. The van der Waals surface area contributed by atoms with E-state index in [2.05, 4.69) is 35.6 Å². The number of carbonyl (C=O) groups excluding carboxylic acids is 2. The molecule has 0 aromatic rings. The molecule has 24 heteroatoms. The van der Waals surface area contributed by atoms with E-state index in [1.807, 2.05) is 0 Å². The lowest BCUT2D eigenvalue weighted by molar-refractivity contribution is -0.338. The maximum Gasteiger partial charge on any atom is 0.397 e. The summed E-state index contributed by atoms with van der Waals surface area (Å²) in [6.45, 7) is 4.57. The SMILES string of the molecule is CCCCCCCCCCCCCCCCCCCCCCCC(O)C(=O)NC(COC1OC(COC2(C(=O)O)CC(OS(=O)(=O)O)C(NC(C)=O)C(C(O)C(O)CO)O2)C(O)C(O)C1O)C(O)C(O)CCCCCCCC(C)C. The highest BCUT2D eigenvalue weighted by Crippen LogP contribution is 2.37. The van der Waals surface area contributed by atoms with Crippen LogP contribution in [-0.4, -0.2) is 193 Å². The quantitative estimate of drug-likeness (QED) is 0.0297. The molecule has 0 aromatic carbocycles. The number of ether oxygens (including phenoxy) is 4. The van der Waals surface area contributed by atoms with Crippen LogP contribution in [0.2, 0.25) is 0 Å². The molecule has 0 bridgehead atoms. The molecule has 2 heterocycles. The van der Waals surface area contributed by atoms with Crippen LogP contribution in [0, 0.1) is 5.92 Å². The van der Waals surface area contributed by atoms with Crippen LogP contribution in [0.1, 0.15) is 220 Å². The molecular weight excluding hydrogens is 1070 g/mol. The fraction of sp³-hybridized carbons (Fsp3) is 0.946. The van der Waals surface area contributed by atoms with Crippen molar-refractivity contribution in [2.75, 3.05) is 19.8 Å². The number of rotatable bonds is 47. The van der Waals surface area contributed by atoms with Crippen LogP contribution < -0.4 is 10.6 Å². The number of unbranched alkanes of at least 4 members (excludes halogenated alkanes) is 24. The Labute approximate surface area is 476 Å². The van der Waals surface area contributed by atoms with E-state index in [0.717, 1.165) is 64.7 Å². The molecule has 2 saturated heterocycles. The molecule has 2 fully saturated rings. The molecule has 0 saturated carbocycles. The summed E-state index contributed by atoms with van der Waals surface area (Å²) in [4.78, 5) is 38.5. The van der Waals surface area contributed by atoms with Crippen LogP contribution in [0.3, 0.4) is 0 Å². The second-order valence-corrected chi connectivity index (χ2v) is 23.9. The third-order valence-electron chi connectivity index (χ3n) is 15.3. The van der Waals surface area contributed by atoms with Crippen molar-refractivity contribution < 1.29 is 102 Å². The first-order chi connectivity index (χ1) is 38.0. The van der Waals surface area contributed by atoms with E-state index in [1.54, 1.807) is 0 Å². The van der Waals surface area contributed by atoms with Crippen LogP contribution >= 0.6 is 0 Å². The smallest absolute Gasteiger partial charge is 0.397 e. The normalized spacial score (nSPS) is 25.9. The van der Waals surface area contributed by atoms with Gasteiger partial charge in [-0.1, -0.05) is 194 Å². The Morgan fingerprint density at radius 3 is 1.60 bits per heavy atom. The molecule has 13 N–H and O–H groups in total. The number of aliphatic hydroxyl groups excluding tert-OH is 9. The average molecular weight is 1180 g/mol. The summed E-state index contributed by atoms with van der Waals surface area (Å²) in [5.74, 6) is -6.32. The maximum absolute atomic E-state index is 13.4. The zero-order valence-corrected chi connectivity index (χ0v) is 49.2. The predicted octanol–water partition coefficient (Wildman–Crippen LogP) is 4.36. The van der Waals surface area contributed by atoms with E-state index in [0.29, 0.717) is 18.8 Å². The molecule has 0 spiro atoms. The van der Waals surface area contributed by atoms with Gasteiger partial charge in [0.15, 0.2) is 6.29 Å². The minimum absolute atomic E-state index is 0.115. The number of carboxylic acids is 1. The number of amides is 2. The molecule has 0 radical (unpaired) electrons. The molecule has 15 atom stereocenters. The number of hydrogen-bond acceptors (Lipinski definition) is 19. The zero-order chi connectivity index (χ0) is 59.7. The lowest BCUT2D eigenvalue weighted by Gasteiger charge is -2.48. The van der Waals surface area contributed by atoms with Crippen molar-refractivity contribution in [3.63, 3.8) is 0 Å². The second-order valence-electron chi connectivity index (χ2n) is 22.8. The van der Waals surface area contributed by atoms with E-state index in [1.165, 1.54) is 103 Å². The van der Waals surface area contributed by atoms with Gasteiger partial charge in [-0.3, -0.25) is 14.1 Å². The second kappa shape index (κ2) is 40.9. The lowest BCUT2D eigenvalue weighted by Crippen LogP contribution is -2.69. The summed E-state index contributed by atoms with van der Waals surface area (Å²) in [6.07, 6.45) is 6.89. The molecule has 2 rings (SSSR count). The molecule has 472 valence electrons. The summed E-state index contributed by atoms with van der Waals surface area (Å²) < 4.78 is 60.8. The molecule has 0 aromatic heterocycles. The highest BCUT2D eigenvalue weighted by molar-refractivity contribution is 7.80. The number of hydrogen-bond donors (Lipinski definition) is 13. The van der Waals surface area contributed by atoms with Crippen molar-refractivity contribution in [2.45, 2.75) is 312 Å². The van der Waals surface area contributed by atoms with Gasteiger partial charge in [-0.05, 0) is 18.8 Å². The van der Waals surface area contributed by atoms with Crippen molar-refractivity contribution in [1.29, 1.82) is 0 Å². The Morgan fingerprint density at radius 2 is 1.15 bits per heavy atom. The summed E-state index contributed by atoms with van der Waals surface area (Å²) in [6, 6.07) is -3.25. The van der Waals surface area contributed by atoms with Crippen molar-refractivity contribution in [2.24, 2.45) is 5.92 Å². The first-order valence-corrected chi connectivity index (χ1v) is 31.5. The molecule has 15 unspecified atom stereocenters. The average Bonchev–Trinajstić information content (AvgIpc) is 3.46. The van der Waals surface area contributed by atoms with Crippen molar-refractivity contribution in [1.82, 2.24) is 10.6 Å². The van der Waals surface area contributed by atoms with Gasteiger partial charge in [0.2, 0.25) is 11.8 Å². The minimum Gasteiger partial charge on any atom is -0.477 e. The summed E-state index contributed by atoms with van der Waals surface area (Å²) in [5, 5.41) is 112. The lowest BCUT2D eigenvalue weighted by atomic mass is 9.88. The van der Waals surface area contributed by atoms with E-state index in [4.69, 9.17) is 18.9 Å². The largest absolute Gasteiger partial charge is 0.477 e. The van der Waals surface area contributed by atoms with Crippen LogP contribution in [0.5, 0.6) is 0 Å². The Morgan fingerprint density at radius 1 is 0.675 bits per heavy atom. The van der Waals surface area contributed by atoms with Crippen molar-refractivity contribution >= 4 is 28.2 Å². The van der Waals surface area contributed by atoms with Gasteiger partial charge in [0.1, 0.15) is 61.0 Å². The Bertz CT molecular complexity index is 1770. The van der Waals surface area contributed by atoms with Gasteiger partial charge < -0.3 is 80.6 Å². The van der Waals surface area contributed by atoms with Crippen LogP contribution in [0.15, 0.2) is 0 Å². The molecule has 0 aliphatic carbocycles. The van der Waals surface area contributed by atoms with Gasteiger partial charge in [-0.15, -0.1) is 0 Å². The predicted molar refractivity (Wildman–Crippen MR) is 296 cm³/mol. The minimum atomic E-state index is -5.44. The van der Waals surface area contributed by atoms with Crippen molar-refractivity contribution in [3.05, 3.63) is 0 Å². The van der Waals surface area contributed by atoms with Gasteiger partial charge in [-0.2, -0.15) is 8.42 Å². The zero-order valence-electron chi connectivity index (χ0n) is 48.4. The van der Waals surface area contributed by atoms with Gasteiger partial charge in [-0.25, -0.2) is 8.98 Å². The molecule has 80 heavy (non-hydrogen) atoms. The number of carboxylic acid groups (broad SMARTS) is 1. The molecular formula is C56H106N2O21S. The Balaban J connectivity index is 2.05. The fourth-order valence-electron chi connectivity index (χ4n) is 10.4. The van der Waals surface area contributed by atoms with Gasteiger partial charge in [0, 0.05) is 13.3 Å². The first kappa shape index (κ1) is 73.9. The number of carbonyl (C=O) groups is 3. The Kier molecular flexibility index (Phi) is 37.8. The van der Waals surface area contributed by atoms with E-state index in [9.17, 15) is 78.4 Å². The third kappa shape index (κ3) is 29.0. The first-order valence-electron chi connectivity index (χ1n) is 30.1. The van der Waals surface area contributed by atoms with E-state index < -0.39 is 146 Å². The topological polar surface area (TPSA) is 378 Å². The van der Waals surface area contributed by atoms with Gasteiger partial charge >= 0.3 is 16.4 Å². The van der Waals surface area contributed by atoms with Crippen molar-refractivity contribution in [3.8, 4) is 0 Å². The molecule has 2 amide bonds. The van der Waals surface area contributed by atoms with Crippen LogP contribution in [0.4, 0.5) is 0 Å². The van der Waals surface area contributed by atoms with Crippen LogP contribution in [0.25, 0.3) is 0 Å². The maximum atomic E-state index is 13.4. The number of aliphatic hydroxyl groups is 9. The Hall–Kier alpha value is -2.24. The standard InChI is InChI=1S/C56H106N2O21S/c1-5-6-7-8-9-10-11-12-13-14-15-16-17-18-19-20-21-22-23-26-30-33-42(62)53(69)58-40(47(64)41(61)32-29-27-24-25-28-31-38(2)3)36-75-54-51(68)50(67)49(66)45(77-54)37-76-56(55(70)71)34-44(79-80(72,73)74)46(57-39(4)60)52(78-56)48(65)43(63)35-59/h38,40-52,54,59,61-68H,5-37H2,1-4H3,(H,57,60)(H,58,69)(H,70,71)(H,72,73,74). The summed E-state index contributed by atoms with van der Waals surface area (Å²) in [5.41, 5.74) is 0. The van der Waals surface area contributed by atoms with Crippen LogP contribution in [-0.2, 0) is 47.9 Å². The number of aliphatic carboxylic acids is 1. The molecule has 2 aliphatic heterocycles. The highest BCUT2D eigenvalue weighted by atomic mass is 32.3.